The number of aromatic nitrogens is 1. The molecule has 3 heterocycles. The standard InChI is InChI=1S/C28H37N3O3/c1-30-25-8-4-19(18-10-13-34-14-11-18)15-23(25)24-16-20(5-9-26(24)30)28(33)31-12-2-3-21(17-31)27(32)29-22-6-7-22/h5,9,16,18-19,21-22H,2-4,6-8,10-15,17H2,1H3,(H,29,32). The summed E-state index contributed by atoms with van der Waals surface area (Å²) in [5.41, 5.74) is 4.89. The Bertz CT molecular complexity index is 1100. The first-order valence-corrected chi connectivity index (χ1v) is 13.4. The van der Waals surface area contributed by atoms with E-state index in [1.165, 1.54) is 41.4 Å². The number of rotatable bonds is 4. The van der Waals surface area contributed by atoms with E-state index in [2.05, 4.69) is 29.1 Å². The van der Waals surface area contributed by atoms with Crippen LogP contribution in [0.2, 0.25) is 0 Å². The summed E-state index contributed by atoms with van der Waals surface area (Å²) in [4.78, 5) is 28.0. The Hall–Kier alpha value is -2.34. The van der Waals surface area contributed by atoms with Crippen LogP contribution in [-0.4, -0.2) is 53.6 Å². The molecule has 2 unspecified atom stereocenters. The number of nitrogens with zero attached hydrogens (tertiary/aromatic N) is 2. The number of nitrogens with one attached hydrogen (secondary N) is 1. The van der Waals surface area contributed by atoms with E-state index in [9.17, 15) is 9.59 Å². The van der Waals surface area contributed by atoms with Gasteiger partial charge in [-0.15, -0.1) is 0 Å². The number of piperidine rings is 1. The number of carbonyl (C=O) groups excluding carboxylic acids is 2. The van der Waals surface area contributed by atoms with E-state index in [1.54, 1.807) is 0 Å². The van der Waals surface area contributed by atoms with Gasteiger partial charge in [-0.05, 0) is 93.4 Å². The Morgan fingerprint density at radius 2 is 1.85 bits per heavy atom. The van der Waals surface area contributed by atoms with E-state index in [0.29, 0.717) is 18.5 Å². The molecule has 3 fully saturated rings. The summed E-state index contributed by atoms with van der Waals surface area (Å²) in [6.07, 6.45) is 9.81. The third-order valence-corrected chi connectivity index (χ3v) is 8.84. The third kappa shape index (κ3) is 4.15. The van der Waals surface area contributed by atoms with Gasteiger partial charge in [0.25, 0.3) is 5.91 Å². The molecule has 1 saturated carbocycles. The number of amides is 2. The Balaban J connectivity index is 1.23. The van der Waals surface area contributed by atoms with Crippen molar-refractivity contribution >= 4 is 22.7 Å². The zero-order chi connectivity index (χ0) is 23.2. The van der Waals surface area contributed by atoms with Gasteiger partial charge in [-0.2, -0.15) is 0 Å². The summed E-state index contributed by atoms with van der Waals surface area (Å²) < 4.78 is 7.95. The van der Waals surface area contributed by atoms with E-state index < -0.39 is 0 Å². The highest BCUT2D eigenvalue weighted by molar-refractivity contribution is 5.99. The molecule has 2 aliphatic heterocycles. The monoisotopic (exact) mass is 463 g/mol. The lowest BCUT2D eigenvalue weighted by atomic mass is 9.75. The molecular formula is C28H37N3O3. The number of ether oxygens (including phenoxy) is 1. The smallest absolute Gasteiger partial charge is 0.253 e. The molecule has 6 heteroatoms. The lowest BCUT2D eigenvalue weighted by Crippen LogP contribution is -2.45. The molecule has 0 spiro atoms. The molecule has 4 aliphatic rings. The van der Waals surface area contributed by atoms with Crippen molar-refractivity contribution in [2.24, 2.45) is 24.8 Å². The molecule has 2 saturated heterocycles. The minimum absolute atomic E-state index is 0.0696. The molecule has 1 aromatic carbocycles. The van der Waals surface area contributed by atoms with Gasteiger partial charge in [-0.3, -0.25) is 9.59 Å². The highest BCUT2D eigenvalue weighted by Gasteiger charge is 2.33. The number of likely N-dealkylation sites (tertiary alicyclic amines) is 1. The number of hydrogen-bond donors (Lipinski definition) is 1. The van der Waals surface area contributed by atoms with Crippen molar-refractivity contribution in [1.29, 1.82) is 0 Å². The minimum atomic E-state index is -0.0771. The Morgan fingerprint density at radius 3 is 2.65 bits per heavy atom. The maximum absolute atomic E-state index is 13.5. The van der Waals surface area contributed by atoms with Crippen molar-refractivity contribution in [3.8, 4) is 0 Å². The van der Waals surface area contributed by atoms with Crippen LogP contribution >= 0.6 is 0 Å². The Labute approximate surface area is 202 Å². The lowest BCUT2D eigenvalue weighted by molar-refractivity contribution is -0.126. The van der Waals surface area contributed by atoms with Gasteiger partial charge in [0.15, 0.2) is 0 Å². The summed E-state index contributed by atoms with van der Waals surface area (Å²) in [6, 6.07) is 6.62. The molecule has 2 atom stereocenters. The quantitative estimate of drug-likeness (QED) is 0.749. The number of fused-ring (bicyclic) bond motifs is 3. The minimum Gasteiger partial charge on any atom is -0.381 e. The molecule has 182 valence electrons. The Kier molecular flexibility index (Phi) is 5.88. The van der Waals surface area contributed by atoms with Crippen molar-refractivity contribution in [3.05, 3.63) is 35.0 Å². The van der Waals surface area contributed by atoms with Gasteiger partial charge in [-0.25, -0.2) is 0 Å². The maximum atomic E-state index is 13.5. The fourth-order valence-electron chi connectivity index (χ4n) is 6.63. The van der Waals surface area contributed by atoms with Crippen molar-refractivity contribution < 1.29 is 14.3 Å². The largest absolute Gasteiger partial charge is 0.381 e. The van der Waals surface area contributed by atoms with E-state index in [0.717, 1.165) is 69.8 Å². The second kappa shape index (κ2) is 9.03. The van der Waals surface area contributed by atoms with Crippen LogP contribution in [0.4, 0.5) is 0 Å². The second-order valence-electron chi connectivity index (χ2n) is 11.0. The number of aryl methyl sites for hydroxylation is 1. The first kappa shape index (κ1) is 22.1. The SMILES string of the molecule is Cn1c2c(c3cc(C(=O)N4CCCC(C(=O)NC5CC5)C4)ccc31)CC(C1CCOCC1)CC2. The van der Waals surface area contributed by atoms with Crippen LogP contribution in [0.3, 0.4) is 0 Å². The van der Waals surface area contributed by atoms with Gasteiger partial charge in [0.05, 0.1) is 5.92 Å². The molecule has 2 aliphatic carbocycles. The van der Waals surface area contributed by atoms with Gasteiger partial charge in [0.1, 0.15) is 0 Å². The van der Waals surface area contributed by atoms with Crippen LogP contribution in [0.25, 0.3) is 10.9 Å². The first-order chi connectivity index (χ1) is 16.6. The molecule has 6 rings (SSSR count). The normalized spacial score (nSPS) is 25.9. The molecular weight excluding hydrogens is 426 g/mol. The zero-order valence-electron chi connectivity index (χ0n) is 20.4. The second-order valence-corrected chi connectivity index (χ2v) is 11.0. The fraction of sp³-hybridized carbons (Fsp3) is 0.643. The first-order valence-electron chi connectivity index (χ1n) is 13.4. The highest BCUT2D eigenvalue weighted by atomic mass is 16.5. The van der Waals surface area contributed by atoms with Crippen LogP contribution in [-0.2, 0) is 29.4 Å². The van der Waals surface area contributed by atoms with Gasteiger partial charge in [0.2, 0.25) is 5.91 Å². The molecule has 2 aromatic rings. The molecule has 6 nitrogen and oxygen atoms in total. The molecule has 2 amide bonds. The van der Waals surface area contributed by atoms with Crippen molar-refractivity contribution in [1.82, 2.24) is 14.8 Å². The zero-order valence-corrected chi connectivity index (χ0v) is 20.4. The lowest BCUT2D eigenvalue weighted by Gasteiger charge is -2.33. The van der Waals surface area contributed by atoms with Crippen molar-refractivity contribution in [3.63, 3.8) is 0 Å². The van der Waals surface area contributed by atoms with Gasteiger partial charge in [-0.1, -0.05) is 0 Å². The van der Waals surface area contributed by atoms with Gasteiger partial charge >= 0.3 is 0 Å². The van der Waals surface area contributed by atoms with E-state index in [-0.39, 0.29) is 17.7 Å². The predicted octanol–water partition coefficient (Wildman–Crippen LogP) is 3.84. The summed E-state index contributed by atoms with van der Waals surface area (Å²) >= 11 is 0. The van der Waals surface area contributed by atoms with Crippen molar-refractivity contribution in [2.75, 3.05) is 26.3 Å². The van der Waals surface area contributed by atoms with E-state index in [1.807, 2.05) is 11.0 Å². The number of benzene rings is 1. The fourth-order valence-corrected chi connectivity index (χ4v) is 6.63. The molecule has 1 aromatic heterocycles. The summed E-state index contributed by atoms with van der Waals surface area (Å²) in [6.45, 7) is 3.08. The highest BCUT2D eigenvalue weighted by Crippen LogP contribution is 2.39. The van der Waals surface area contributed by atoms with Crippen LogP contribution in [0.15, 0.2) is 18.2 Å². The average molecular weight is 464 g/mol. The van der Waals surface area contributed by atoms with Crippen LogP contribution in [0.1, 0.15) is 66.6 Å². The third-order valence-electron chi connectivity index (χ3n) is 8.84. The van der Waals surface area contributed by atoms with Crippen LogP contribution in [0, 0.1) is 17.8 Å². The van der Waals surface area contributed by atoms with E-state index >= 15 is 0 Å². The summed E-state index contributed by atoms with van der Waals surface area (Å²) in [5.74, 6) is 1.60. The molecule has 0 radical (unpaired) electrons. The van der Waals surface area contributed by atoms with Gasteiger partial charge in [0, 0.05) is 61.6 Å². The topological polar surface area (TPSA) is 63.6 Å². The van der Waals surface area contributed by atoms with Crippen LogP contribution < -0.4 is 5.32 Å². The molecule has 0 bridgehead atoms. The van der Waals surface area contributed by atoms with Crippen molar-refractivity contribution in [2.45, 2.75) is 63.8 Å². The molecule has 1 N–H and O–H groups in total. The van der Waals surface area contributed by atoms with Crippen LogP contribution in [0.5, 0.6) is 0 Å². The average Bonchev–Trinajstić information content (AvgIpc) is 3.67. The maximum Gasteiger partial charge on any atom is 0.253 e. The number of hydrogen-bond acceptors (Lipinski definition) is 3. The molecule has 34 heavy (non-hydrogen) atoms. The number of carbonyl (C=O) groups is 2. The van der Waals surface area contributed by atoms with Gasteiger partial charge < -0.3 is 19.5 Å². The summed E-state index contributed by atoms with van der Waals surface area (Å²) in [7, 11) is 2.17. The predicted molar refractivity (Wildman–Crippen MR) is 132 cm³/mol. The van der Waals surface area contributed by atoms with E-state index in [4.69, 9.17) is 4.74 Å². The summed E-state index contributed by atoms with van der Waals surface area (Å²) in [5, 5.41) is 4.38. The Morgan fingerprint density at radius 1 is 1.03 bits per heavy atom.